The number of aliphatic hydroxyl groups is 1. The van der Waals surface area contributed by atoms with Crippen LogP contribution in [-0.2, 0) is 17.7 Å². The van der Waals surface area contributed by atoms with E-state index in [9.17, 15) is 5.11 Å². The average Bonchev–Trinajstić information content (AvgIpc) is 2.92. The third kappa shape index (κ3) is 4.01. The van der Waals surface area contributed by atoms with E-state index in [2.05, 4.69) is 15.0 Å². The molecule has 1 fully saturated rings. The second-order valence-corrected chi connectivity index (χ2v) is 5.36. The maximum absolute atomic E-state index is 10.1. The zero-order valence-corrected chi connectivity index (χ0v) is 12.4. The van der Waals surface area contributed by atoms with Gasteiger partial charge in [0.15, 0.2) is 5.82 Å². The molecule has 2 rings (SSSR count). The molecule has 1 aromatic heterocycles. The topological polar surface area (TPSA) is 71.6 Å². The zero-order valence-electron chi connectivity index (χ0n) is 12.4. The molecule has 0 aromatic carbocycles. The fourth-order valence-corrected chi connectivity index (χ4v) is 2.74. The van der Waals surface area contributed by atoms with Crippen LogP contribution in [0.15, 0.2) is 4.52 Å². The number of likely N-dealkylation sites (tertiary alicyclic amines) is 1. The first-order valence-electron chi connectivity index (χ1n) is 7.47. The van der Waals surface area contributed by atoms with E-state index < -0.39 is 0 Å². The Morgan fingerprint density at radius 3 is 3.10 bits per heavy atom. The lowest BCUT2D eigenvalue weighted by atomic mass is 9.96. The Morgan fingerprint density at radius 2 is 2.35 bits per heavy atom. The molecule has 0 bridgehead atoms. The van der Waals surface area contributed by atoms with Gasteiger partial charge in [0.1, 0.15) is 0 Å². The molecule has 6 nitrogen and oxygen atoms in total. The van der Waals surface area contributed by atoms with Crippen LogP contribution in [0.4, 0.5) is 0 Å². The van der Waals surface area contributed by atoms with Gasteiger partial charge >= 0.3 is 0 Å². The van der Waals surface area contributed by atoms with E-state index in [0.29, 0.717) is 31.3 Å². The van der Waals surface area contributed by atoms with E-state index in [4.69, 9.17) is 9.26 Å². The molecule has 0 spiro atoms. The predicted octanol–water partition coefficient (Wildman–Crippen LogP) is 1.38. The lowest BCUT2D eigenvalue weighted by Crippen LogP contribution is -2.46. The van der Waals surface area contributed by atoms with Gasteiger partial charge in [0.05, 0.1) is 19.3 Å². The number of aromatic nitrogens is 2. The van der Waals surface area contributed by atoms with Gasteiger partial charge in [-0.1, -0.05) is 18.5 Å². The minimum absolute atomic E-state index is 0.211. The summed E-state index contributed by atoms with van der Waals surface area (Å²) in [6, 6.07) is 0.211. The van der Waals surface area contributed by atoms with Crippen LogP contribution in [0.1, 0.15) is 44.3 Å². The Hall–Kier alpha value is -0.980. The zero-order chi connectivity index (χ0) is 14.4. The normalized spacial score (nSPS) is 22.1. The highest BCUT2D eigenvalue weighted by molar-refractivity contribution is 4.90. The highest BCUT2D eigenvalue weighted by Crippen LogP contribution is 2.23. The lowest BCUT2D eigenvalue weighted by molar-refractivity contribution is 0.0145. The van der Waals surface area contributed by atoms with Crippen molar-refractivity contribution in [1.82, 2.24) is 15.0 Å². The molecule has 6 heteroatoms. The molecular weight excluding hydrogens is 258 g/mol. The van der Waals surface area contributed by atoms with Crippen molar-refractivity contribution in [2.75, 3.05) is 20.3 Å². The maximum Gasteiger partial charge on any atom is 0.240 e. The molecule has 114 valence electrons. The van der Waals surface area contributed by atoms with Crippen LogP contribution in [0.3, 0.4) is 0 Å². The third-order valence-electron chi connectivity index (χ3n) is 3.90. The molecule has 2 atom stereocenters. The van der Waals surface area contributed by atoms with Crippen LogP contribution in [0, 0.1) is 0 Å². The number of aliphatic hydroxyl groups excluding tert-OH is 1. The van der Waals surface area contributed by atoms with Gasteiger partial charge in [-0.25, -0.2) is 0 Å². The highest BCUT2D eigenvalue weighted by Gasteiger charge is 2.28. The molecule has 0 amide bonds. The number of piperidine rings is 1. The molecule has 1 aliphatic rings. The summed E-state index contributed by atoms with van der Waals surface area (Å²) in [6.45, 7) is 4.23. The minimum atomic E-state index is -0.272. The number of hydrogen-bond acceptors (Lipinski definition) is 6. The maximum atomic E-state index is 10.1. The molecule has 1 N–H and O–H groups in total. The molecule has 1 aliphatic heterocycles. The lowest BCUT2D eigenvalue weighted by Gasteiger charge is -2.37. The first kappa shape index (κ1) is 15.4. The van der Waals surface area contributed by atoms with Crippen LogP contribution < -0.4 is 0 Å². The summed E-state index contributed by atoms with van der Waals surface area (Å²) in [7, 11) is 1.66. The van der Waals surface area contributed by atoms with E-state index in [1.165, 1.54) is 6.42 Å². The van der Waals surface area contributed by atoms with E-state index >= 15 is 0 Å². The van der Waals surface area contributed by atoms with Crippen molar-refractivity contribution >= 4 is 0 Å². The monoisotopic (exact) mass is 283 g/mol. The Labute approximate surface area is 120 Å². The number of nitrogens with zero attached hydrogens (tertiary/aromatic N) is 3. The van der Waals surface area contributed by atoms with Crippen molar-refractivity contribution < 1.29 is 14.4 Å². The summed E-state index contributed by atoms with van der Waals surface area (Å²) in [5.41, 5.74) is 0. The molecule has 1 aromatic rings. The molecule has 2 unspecified atom stereocenters. The van der Waals surface area contributed by atoms with Gasteiger partial charge in [-0.15, -0.1) is 0 Å². The molecule has 0 aliphatic carbocycles. The van der Waals surface area contributed by atoms with Gasteiger partial charge in [-0.2, -0.15) is 4.98 Å². The summed E-state index contributed by atoms with van der Waals surface area (Å²) < 4.78 is 10.3. The van der Waals surface area contributed by atoms with Crippen molar-refractivity contribution in [3.8, 4) is 0 Å². The van der Waals surface area contributed by atoms with Crippen molar-refractivity contribution in [3.05, 3.63) is 11.7 Å². The van der Waals surface area contributed by atoms with E-state index in [0.717, 1.165) is 25.8 Å². The summed E-state index contributed by atoms with van der Waals surface area (Å²) in [5, 5.41) is 14.1. The summed E-state index contributed by atoms with van der Waals surface area (Å²) in [4.78, 5) is 6.65. The summed E-state index contributed by atoms with van der Waals surface area (Å²) in [6.07, 6.45) is 4.56. The second kappa shape index (κ2) is 7.71. The summed E-state index contributed by atoms with van der Waals surface area (Å²) in [5.74, 6) is 1.32. The molecule has 2 heterocycles. The van der Waals surface area contributed by atoms with Gasteiger partial charge in [0.25, 0.3) is 0 Å². The predicted molar refractivity (Wildman–Crippen MR) is 74.2 cm³/mol. The Kier molecular flexibility index (Phi) is 5.94. The molecular formula is C14H25N3O3. The number of methoxy groups -OCH3 is 1. The van der Waals surface area contributed by atoms with E-state index in [-0.39, 0.29) is 12.1 Å². The quantitative estimate of drug-likeness (QED) is 0.815. The van der Waals surface area contributed by atoms with Crippen LogP contribution in [0.2, 0.25) is 0 Å². The highest BCUT2D eigenvalue weighted by atomic mass is 16.5. The minimum Gasteiger partial charge on any atom is -0.392 e. The van der Waals surface area contributed by atoms with Crippen LogP contribution in [0.25, 0.3) is 0 Å². The van der Waals surface area contributed by atoms with Crippen molar-refractivity contribution in [3.63, 3.8) is 0 Å². The second-order valence-electron chi connectivity index (χ2n) is 5.36. The number of hydrogen-bond donors (Lipinski definition) is 1. The first-order valence-corrected chi connectivity index (χ1v) is 7.47. The van der Waals surface area contributed by atoms with Crippen LogP contribution in [0.5, 0.6) is 0 Å². The molecule has 1 saturated heterocycles. The van der Waals surface area contributed by atoms with Crippen molar-refractivity contribution in [2.45, 2.75) is 57.7 Å². The van der Waals surface area contributed by atoms with Gasteiger partial charge in [0, 0.05) is 19.6 Å². The number of rotatable bonds is 7. The number of ether oxygens (including phenoxy) is 1. The average molecular weight is 283 g/mol. The fourth-order valence-electron chi connectivity index (χ4n) is 2.74. The van der Waals surface area contributed by atoms with Gasteiger partial charge in [-0.05, 0) is 25.8 Å². The fraction of sp³-hybridized carbons (Fsp3) is 0.857. The SMILES string of the molecule is CCC(O)C1CCCCN1Cc1nc(CCOC)no1. The molecule has 0 saturated carbocycles. The third-order valence-corrected chi connectivity index (χ3v) is 3.90. The Morgan fingerprint density at radius 1 is 1.50 bits per heavy atom. The standard InChI is InChI=1S/C14H25N3O3/c1-3-12(18)11-6-4-5-8-17(11)10-14-15-13(16-20-14)7-9-19-2/h11-12,18H,3-10H2,1-2H3. The van der Waals surface area contributed by atoms with E-state index in [1.54, 1.807) is 7.11 Å². The van der Waals surface area contributed by atoms with Crippen molar-refractivity contribution in [1.29, 1.82) is 0 Å². The molecule has 0 radical (unpaired) electrons. The van der Waals surface area contributed by atoms with Crippen molar-refractivity contribution in [2.24, 2.45) is 0 Å². The van der Waals surface area contributed by atoms with Crippen LogP contribution in [-0.4, -0.2) is 52.6 Å². The van der Waals surface area contributed by atoms with E-state index in [1.807, 2.05) is 6.92 Å². The van der Waals surface area contributed by atoms with Crippen LogP contribution >= 0.6 is 0 Å². The Balaban J connectivity index is 1.94. The first-order chi connectivity index (χ1) is 9.74. The van der Waals surface area contributed by atoms with Gasteiger partial charge in [0.2, 0.25) is 5.89 Å². The smallest absolute Gasteiger partial charge is 0.240 e. The molecule has 20 heavy (non-hydrogen) atoms. The summed E-state index contributed by atoms with van der Waals surface area (Å²) >= 11 is 0. The largest absolute Gasteiger partial charge is 0.392 e. The van der Waals surface area contributed by atoms with Gasteiger partial charge in [-0.3, -0.25) is 4.90 Å². The van der Waals surface area contributed by atoms with Gasteiger partial charge < -0.3 is 14.4 Å². The Bertz CT molecular complexity index is 397.